The molecule has 0 aromatic heterocycles. The van der Waals surface area contributed by atoms with Crippen LogP contribution in [0, 0.1) is 0 Å². The highest BCUT2D eigenvalue weighted by atomic mass is 35.5. The summed E-state index contributed by atoms with van der Waals surface area (Å²) in [6.07, 6.45) is -0.103. The van der Waals surface area contributed by atoms with E-state index in [-0.39, 0.29) is 12.2 Å². The second kappa shape index (κ2) is 10.4. The van der Waals surface area contributed by atoms with Crippen molar-refractivity contribution in [2.75, 3.05) is 13.7 Å². The molecule has 0 spiro atoms. The van der Waals surface area contributed by atoms with Crippen LogP contribution in [0.15, 0.2) is 24.3 Å². The highest BCUT2D eigenvalue weighted by Gasteiger charge is 2.03. The lowest BCUT2D eigenvalue weighted by molar-refractivity contribution is -0.145. The molecule has 19 heavy (non-hydrogen) atoms. The van der Waals surface area contributed by atoms with Crippen LogP contribution < -0.4 is 4.74 Å². The van der Waals surface area contributed by atoms with Crippen LogP contribution in [0.4, 0.5) is 0 Å². The van der Waals surface area contributed by atoms with E-state index in [1.807, 2.05) is 24.3 Å². The number of hydrogen-bond donors (Lipinski definition) is 0. The molecule has 0 aliphatic heterocycles. The van der Waals surface area contributed by atoms with Crippen LogP contribution in [0.3, 0.4) is 0 Å². The predicted octanol–water partition coefficient (Wildman–Crippen LogP) is 2.96. The fraction of sp³-hybridized carbons (Fsp3) is 0.429. The van der Waals surface area contributed by atoms with Gasteiger partial charge in [-0.2, -0.15) is 0 Å². The lowest BCUT2D eigenvalue weighted by atomic mass is 10.2. The summed E-state index contributed by atoms with van der Waals surface area (Å²) in [5.41, 5.74) is 1.11. The van der Waals surface area contributed by atoms with E-state index in [2.05, 4.69) is 4.74 Å². The zero-order valence-electron chi connectivity index (χ0n) is 11.4. The SMILES string of the molecule is CCOC(=O)CC(C)=O.COc1ccc(CCl)cc1. The molecule has 0 aliphatic carbocycles. The van der Waals surface area contributed by atoms with Crippen molar-refractivity contribution in [2.45, 2.75) is 26.1 Å². The Morgan fingerprint density at radius 2 is 1.79 bits per heavy atom. The molecule has 4 nitrogen and oxygen atoms in total. The number of Topliss-reactive ketones (excluding diaryl/α,β-unsaturated/α-hetero) is 1. The number of rotatable bonds is 5. The van der Waals surface area contributed by atoms with Crippen molar-refractivity contribution < 1.29 is 19.1 Å². The number of hydrogen-bond acceptors (Lipinski definition) is 4. The summed E-state index contributed by atoms with van der Waals surface area (Å²) in [6, 6.07) is 7.70. The summed E-state index contributed by atoms with van der Waals surface area (Å²) in [6.45, 7) is 3.40. The maximum Gasteiger partial charge on any atom is 0.313 e. The highest BCUT2D eigenvalue weighted by Crippen LogP contribution is 2.12. The standard InChI is InChI=1S/C8H9ClO.C6H10O3/c1-10-8-4-2-7(6-9)3-5-8;1-3-9-6(8)4-5(2)7/h2-5H,6H2,1H3;3-4H2,1-2H3. The maximum absolute atomic E-state index is 10.4. The van der Waals surface area contributed by atoms with Crippen molar-refractivity contribution in [2.24, 2.45) is 0 Å². The van der Waals surface area contributed by atoms with Gasteiger partial charge in [-0.05, 0) is 31.5 Å². The molecule has 0 saturated heterocycles. The quantitative estimate of drug-likeness (QED) is 0.474. The highest BCUT2D eigenvalue weighted by molar-refractivity contribution is 6.17. The Hall–Kier alpha value is -1.55. The fourth-order valence-corrected chi connectivity index (χ4v) is 1.31. The third kappa shape index (κ3) is 9.08. The molecule has 1 rings (SSSR count). The summed E-state index contributed by atoms with van der Waals surface area (Å²) < 4.78 is 9.46. The van der Waals surface area contributed by atoms with E-state index in [1.165, 1.54) is 6.92 Å². The van der Waals surface area contributed by atoms with Crippen LogP contribution >= 0.6 is 11.6 Å². The van der Waals surface area contributed by atoms with Gasteiger partial charge in [0.05, 0.1) is 13.7 Å². The van der Waals surface area contributed by atoms with E-state index in [9.17, 15) is 9.59 Å². The molecule has 5 heteroatoms. The van der Waals surface area contributed by atoms with E-state index in [1.54, 1.807) is 14.0 Å². The largest absolute Gasteiger partial charge is 0.497 e. The Morgan fingerprint density at radius 1 is 1.21 bits per heavy atom. The zero-order chi connectivity index (χ0) is 14.7. The molecule has 0 N–H and O–H groups in total. The van der Waals surface area contributed by atoms with Gasteiger partial charge in [-0.3, -0.25) is 9.59 Å². The Balaban J connectivity index is 0.000000344. The van der Waals surface area contributed by atoms with E-state index in [0.717, 1.165) is 11.3 Å². The number of carbonyl (C=O) groups excluding carboxylic acids is 2. The Morgan fingerprint density at radius 3 is 2.16 bits per heavy atom. The molecule has 1 aromatic rings. The Bertz CT molecular complexity index is 364. The molecule has 0 aliphatic rings. The van der Waals surface area contributed by atoms with Gasteiger partial charge in [0, 0.05) is 5.88 Å². The van der Waals surface area contributed by atoms with Crippen molar-refractivity contribution in [3.05, 3.63) is 29.8 Å². The molecule has 0 amide bonds. The number of methoxy groups -OCH3 is 1. The second-order valence-corrected chi connectivity index (χ2v) is 3.93. The average molecular weight is 287 g/mol. The van der Waals surface area contributed by atoms with Crippen molar-refractivity contribution in [1.82, 2.24) is 0 Å². The first kappa shape index (κ1) is 17.4. The summed E-state index contributed by atoms with van der Waals surface area (Å²) in [5.74, 6) is 0.830. The van der Waals surface area contributed by atoms with Gasteiger partial charge in [-0.1, -0.05) is 12.1 Å². The van der Waals surface area contributed by atoms with Gasteiger partial charge in [-0.15, -0.1) is 11.6 Å². The third-order valence-electron chi connectivity index (χ3n) is 2.01. The van der Waals surface area contributed by atoms with Gasteiger partial charge in [0.2, 0.25) is 0 Å². The van der Waals surface area contributed by atoms with Gasteiger partial charge in [0.25, 0.3) is 0 Å². The Kier molecular flexibility index (Phi) is 9.53. The molecule has 0 fully saturated rings. The molecule has 0 saturated carbocycles. The summed E-state index contributed by atoms with van der Waals surface area (Å²) in [5, 5.41) is 0. The molecule has 0 unspecified atom stereocenters. The normalized spacial score (nSPS) is 9.05. The van der Waals surface area contributed by atoms with Crippen LogP contribution in [0.25, 0.3) is 0 Å². The molecular weight excluding hydrogens is 268 g/mol. The van der Waals surface area contributed by atoms with E-state index >= 15 is 0 Å². The predicted molar refractivity (Wildman–Crippen MR) is 74.5 cm³/mol. The lowest BCUT2D eigenvalue weighted by Crippen LogP contribution is -2.07. The number of ketones is 1. The maximum atomic E-state index is 10.4. The van der Waals surface area contributed by atoms with E-state index in [4.69, 9.17) is 16.3 Å². The first-order valence-electron chi connectivity index (χ1n) is 5.87. The van der Waals surface area contributed by atoms with Crippen LogP contribution in [0.2, 0.25) is 0 Å². The van der Waals surface area contributed by atoms with Gasteiger partial charge >= 0.3 is 5.97 Å². The molecule has 0 radical (unpaired) electrons. The topological polar surface area (TPSA) is 52.6 Å². The zero-order valence-corrected chi connectivity index (χ0v) is 12.2. The van der Waals surface area contributed by atoms with E-state index in [0.29, 0.717) is 12.5 Å². The number of benzene rings is 1. The molecular formula is C14H19ClO4. The first-order valence-corrected chi connectivity index (χ1v) is 6.40. The smallest absolute Gasteiger partial charge is 0.313 e. The number of ether oxygens (including phenoxy) is 2. The Labute approximate surface area is 118 Å². The number of alkyl halides is 1. The van der Waals surface area contributed by atoms with Crippen molar-refractivity contribution in [3.63, 3.8) is 0 Å². The summed E-state index contributed by atoms with van der Waals surface area (Å²) in [4.78, 5) is 20.6. The van der Waals surface area contributed by atoms with E-state index < -0.39 is 5.97 Å². The molecule has 0 heterocycles. The molecule has 0 bridgehead atoms. The van der Waals surface area contributed by atoms with Crippen molar-refractivity contribution in [3.8, 4) is 5.75 Å². The molecule has 0 atom stereocenters. The summed E-state index contributed by atoms with van der Waals surface area (Å²) >= 11 is 5.58. The van der Waals surface area contributed by atoms with Crippen LogP contribution in [-0.2, 0) is 20.2 Å². The second-order valence-electron chi connectivity index (χ2n) is 3.67. The van der Waals surface area contributed by atoms with Crippen LogP contribution in [0.5, 0.6) is 5.75 Å². The minimum Gasteiger partial charge on any atom is -0.497 e. The number of halogens is 1. The number of esters is 1. The van der Waals surface area contributed by atoms with Gasteiger partial charge in [0.15, 0.2) is 0 Å². The van der Waals surface area contributed by atoms with Gasteiger partial charge in [-0.25, -0.2) is 0 Å². The molecule has 1 aromatic carbocycles. The average Bonchev–Trinajstić information content (AvgIpc) is 2.39. The van der Waals surface area contributed by atoms with Crippen molar-refractivity contribution >= 4 is 23.4 Å². The fourth-order valence-electron chi connectivity index (χ4n) is 1.13. The van der Waals surface area contributed by atoms with Crippen LogP contribution in [0.1, 0.15) is 25.8 Å². The van der Waals surface area contributed by atoms with Gasteiger partial charge < -0.3 is 9.47 Å². The summed E-state index contributed by atoms with van der Waals surface area (Å²) in [7, 11) is 1.65. The minimum absolute atomic E-state index is 0.103. The van der Waals surface area contributed by atoms with Crippen molar-refractivity contribution in [1.29, 1.82) is 0 Å². The van der Waals surface area contributed by atoms with Crippen LogP contribution in [-0.4, -0.2) is 25.5 Å². The van der Waals surface area contributed by atoms with Gasteiger partial charge in [0.1, 0.15) is 18.0 Å². The first-order chi connectivity index (χ1) is 9.03. The monoisotopic (exact) mass is 286 g/mol. The number of carbonyl (C=O) groups is 2. The minimum atomic E-state index is -0.440. The molecule has 106 valence electrons. The lowest BCUT2D eigenvalue weighted by Gasteiger charge is -1.98. The third-order valence-corrected chi connectivity index (χ3v) is 2.32.